The van der Waals surface area contributed by atoms with E-state index in [2.05, 4.69) is 17.2 Å². The molecular weight excluding hydrogens is 260 g/mol. The SMILES string of the molecule is C=CC(=O)NCCCCNC(=O)/C=C/C(=O)OC(C)C. The summed E-state index contributed by atoms with van der Waals surface area (Å²) in [6.07, 6.45) is 4.72. The van der Waals surface area contributed by atoms with Gasteiger partial charge in [0, 0.05) is 25.2 Å². The molecule has 0 rings (SSSR count). The molecule has 2 amide bonds. The molecule has 6 heteroatoms. The first kappa shape index (κ1) is 17.9. The molecule has 0 atom stereocenters. The van der Waals surface area contributed by atoms with Crippen LogP contribution in [0.1, 0.15) is 26.7 Å². The summed E-state index contributed by atoms with van der Waals surface area (Å²) in [5, 5.41) is 5.26. The maximum atomic E-state index is 11.3. The second kappa shape index (κ2) is 10.8. The Morgan fingerprint density at radius 3 is 2.10 bits per heavy atom. The van der Waals surface area contributed by atoms with Gasteiger partial charge in [-0.05, 0) is 32.8 Å². The Bertz CT molecular complexity index is 375. The lowest BCUT2D eigenvalue weighted by Gasteiger charge is -2.04. The second-order valence-corrected chi connectivity index (χ2v) is 4.31. The van der Waals surface area contributed by atoms with E-state index in [1.807, 2.05) is 0 Å². The number of hydrogen-bond donors (Lipinski definition) is 2. The molecule has 0 aliphatic carbocycles. The lowest BCUT2D eigenvalue weighted by atomic mass is 10.3. The van der Waals surface area contributed by atoms with E-state index in [1.54, 1.807) is 13.8 Å². The van der Waals surface area contributed by atoms with Crippen LogP contribution in [0.2, 0.25) is 0 Å². The van der Waals surface area contributed by atoms with Crippen LogP contribution >= 0.6 is 0 Å². The van der Waals surface area contributed by atoms with E-state index in [0.29, 0.717) is 13.1 Å². The summed E-state index contributed by atoms with van der Waals surface area (Å²) in [6.45, 7) is 7.82. The highest BCUT2D eigenvalue weighted by Crippen LogP contribution is 1.90. The van der Waals surface area contributed by atoms with Gasteiger partial charge < -0.3 is 15.4 Å². The minimum atomic E-state index is -0.540. The Hall–Kier alpha value is -2.11. The first-order valence-corrected chi connectivity index (χ1v) is 6.52. The van der Waals surface area contributed by atoms with Gasteiger partial charge in [0.15, 0.2) is 0 Å². The van der Waals surface area contributed by atoms with Gasteiger partial charge in [-0.1, -0.05) is 6.58 Å². The van der Waals surface area contributed by atoms with Crippen LogP contribution in [0.5, 0.6) is 0 Å². The van der Waals surface area contributed by atoms with Crippen molar-refractivity contribution in [3.05, 3.63) is 24.8 Å². The smallest absolute Gasteiger partial charge is 0.331 e. The van der Waals surface area contributed by atoms with Crippen molar-refractivity contribution in [1.82, 2.24) is 10.6 Å². The summed E-state index contributed by atoms with van der Waals surface area (Å²) in [7, 11) is 0. The lowest BCUT2D eigenvalue weighted by molar-refractivity contribution is -0.141. The molecule has 0 fully saturated rings. The van der Waals surface area contributed by atoms with Gasteiger partial charge in [-0.25, -0.2) is 4.79 Å². The molecule has 0 saturated heterocycles. The van der Waals surface area contributed by atoms with Crippen LogP contribution in [0, 0.1) is 0 Å². The van der Waals surface area contributed by atoms with Crippen LogP contribution in [0.3, 0.4) is 0 Å². The van der Waals surface area contributed by atoms with Gasteiger partial charge in [-0.2, -0.15) is 0 Å². The van der Waals surface area contributed by atoms with Crippen molar-refractivity contribution in [3.8, 4) is 0 Å². The molecule has 112 valence electrons. The molecule has 20 heavy (non-hydrogen) atoms. The zero-order chi connectivity index (χ0) is 15.4. The van der Waals surface area contributed by atoms with Gasteiger partial charge >= 0.3 is 5.97 Å². The van der Waals surface area contributed by atoms with E-state index in [9.17, 15) is 14.4 Å². The minimum absolute atomic E-state index is 0.207. The molecule has 0 aliphatic heterocycles. The highest BCUT2D eigenvalue weighted by molar-refractivity contribution is 5.94. The van der Waals surface area contributed by atoms with Crippen molar-refractivity contribution in [2.45, 2.75) is 32.8 Å². The molecule has 0 heterocycles. The maximum Gasteiger partial charge on any atom is 0.331 e. The maximum absolute atomic E-state index is 11.3. The predicted octanol–water partition coefficient (Wildman–Crippen LogP) is 0.693. The Morgan fingerprint density at radius 2 is 1.60 bits per heavy atom. The first-order valence-electron chi connectivity index (χ1n) is 6.52. The van der Waals surface area contributed by atoms with Crippen LogP contribution in [0.25, 0.3) is 0 Å². The number of ether oxygens (including phenoxy) is 1. The van der Waals surface area contributed by atoms with Crippen molar-refractivity contribution in [2.75, 3.05) is 13.1 Å². The monoisotopic (exact) mass is 282 g/mol. The van der Waals surface area contributed by atoms with Crippen molar-refractivity contribution in [3.63, 3.8) is 0 Å². The number of amides is 2. The van der Waals surface area contributed by atoms with Crippen molar-refractivity contribution in [2.24, 2.45) is 0 Å². The second-order valence-electron chi connectivity index (χ2n) is 4.31. The van der Waals surface area contributed by atoms with Crippen LogP contribution in [-0.2, 0) is 19.1 Å². The lowest BCUT2D eigenvalue weighted by Crippen LogP contribution is -2.25. The van der Waals surface area contributed by atoms with Gasteiger partial charge in [0.2, 0.25) is 11.8 Å². The average molecular weight is 282 g/mol. The summed E-state index contributed by atoms with van der Waals surface area (Å²) >= 11 is 0. The number of carbonyl (C=O) groups excluding carboxylic acids is 3. The normalized spacial score (nSPS) is 10.3. The van der Waals surface area contributed by atoms with Gasteiger partial charge in [0.05, 0.1) is 6.10 Å². The highest BCUT2D eigenvalue weighted by Gasteiger charge is 2.01. The molecule has 0 bridgehead atoms. The fraction of sp³-hybridized carbons (Fsp3) is 0.500. The fourth-order valence-electron chi connectivity index (χ4n) is 1.22. The molecule has 2 N–H and O–H groups in total. The Morgan fingerprint density at radius 1 is 1.05 bits per heavy atom. The third-order valence-electron chi connectivity index (χ3n) is 2.11. The molecule has 0 aromatic rings. The fourth-order valence-corrected chi connectivity index (χ4v) is 1.22. The van der Waals surface area contributed by atoms with Gasteiger partial charge in [-0.3, -0.25) is 9.59 Å². The van der Waals surface area contributed by atoms with Gasteiger partial charge in [-0.15, -0.1) is 0 Å². The number of esters is 1. The topological polar surface area (TPSA) is 84.5 Å². The van der Waals surface area contributed by atoms with E-state index in [-0.39, 0.29) is 17.9 Å². The van der Waals surface area contributed by atoms with Crippen LogP contribution in [0.15, 0.2) is 24.8 Å². The van der Waals surface area contributed by atoms with Crippen molar-refractivity contribution < 1.29 is 19.1 Å². The van der Waals surface area contributed by atoms with E-state index >= 15 is 0 Å². The minimum Gasteiger partial charge on any atom is -0.460 e. The molecule has 6 nitrogen and oxygen atoms in total. The van der Waals surface area contributed by atoms with Gasteiger partial charge in [0.25, 0.3) is 0 Å². The molecule has 0 aromatic heterocycles. The number of rotatable bonds is 9. The van der Waals surface area contributed by atoms with E-state index < -0.39 is 5.97 Å². The molecule has 0 unspecified atom stereocenters. The summed E-state index contributed by atoms with van der Waals surface area (Å²) in [6, 6.07) is 0. The number of unbranched alkanes of at least 4 members (excludes halogenated alkanes) is 1. The molecular formula is C14H22N2O4. The zero-order valence-electron chi connectivity index (χ0n) is 12.0. The first-order chi connectivity index (χ1) is 9.45. The predicted molar refractivity (Wildman–Crippen MR) is 75.8 cm³/mol. The Balaban J connectivity index is 3.63. The third kappa shape index (κ3) is 11.0. The van der Waals surface area contributed by atoms with Crippen molar-refractivity contribution >= 4 is 17.8 Å². The molecule has 0 aromatic carbocycles. The quantitative estimate of drug-likeness (QED) is 0.370. The summed E-state index contributed by atoms with van der Waals surface area (Å²) in [5.41, 5.74) is 0. The molecule has 0 saturated carbocycles. The van der Waals surface area contributed by atoms with Crippen LogP contribution in [-0.4, -0.2) is 37.0 Å². The van der Waals surface area contributed by atoms with Crippen molar-refractivity contribution in [1.29, 1.82) is 0 Å². The average Bonchev–Trinajstić information content (AvgIpc) is 2.39. The summed E-state index contributed by atoms with van der Waals surface area (Å²) < 4.78 is 4.84. The summed E-state index contributed by atoms with van der Waals surface area (Å²) in [4.78, 5) is 33.3. The van der Waals surface area contributed by atoms with Crippen LogP contribution in [0.4, 0.5) is 0 Å². The largest absolute Gasteiger partial charge is 0.460 e. The third-order valence-corrected chi connectivity index (χ3v) is 2.11. The van der Waals surface area contributed by atoms with E-state index in [4.69, 9.17) is 4.74 Å². The standard InChI is InChI=1S/C14H22N2O4/c1-4-12(17)15-9-5-6-10-16-13(18)7-8-14(19)20-11(2)3/h4,7-8,11H,1,5-6,9-10H2,2-3H3,(H,15,17)(H,16,18)/b8-7+. The summed E-state index contributed by atoms with van der Waals surface area (Å²) in [5.74, 6) is -1.09. The molecule has 0 radical (unpaired) electrons. The Labute approximate surface area is 119 Å². The molecule has 0 aliphatic rings. The number of nitrogens with one attached hydrogen (secondary N) is 2. The van der Waals surface area contributed by atoms with E-state index in [1.165, 1.54) is 6.08 Å². The zero-order valence-corrected chi connectivity index (χ0v) is 12.0. The van der Waals surface area contributed by atoms with Crippen LogP contribution < -0.4 is 10.6 Å². The highest BCUT2D eigenvalue weighted by atomic mass is 16.5. The Kier molecular flexibility index (Phi) is 9.64. The van der Waals surface area contributed by atoms with Gasteiger partial charge in [0.1, 0.15) is 0 Å². The van der Waals surface area contributed by atoms with E-state index in [0.717, 1.165) is 25.0 Å². The molecule has 0 spiro atoms. The number of carbonyl (C=O) groups is 3. The number of hydrogen-bond acceptors (Lipinski definition) is 4.